The highest BCUT2D eigenvalue weighted by molar-refractivity contribution is 5.15. The summed E-state index contributed by atoms with van der Waals surface area (Å²) in [5.74, 6) is 1.84. The molecule has 27 heavy (non-hydrogen) atoms. The number of hydrogen-bond donors (Lipinski definition) is 0. The number of hydrogen-bond acceptors (Lipinski definition) is 3. The fraction of sp³-hybridized carbons (Fsp3) is 0.417. The molecule has 1 aliphatic carbocycles. The Morgan fingerprint density at radius 1 is 0.889 bits per heavy atom. The maximum Gasteiger partial charge on any atom is 0.0989 e. The van der Waals surface area contributed by atoms with Crippen LogP contribution < -0.4 is 0 Å². The van der Waals surface area contributed by atoms with Crippen LogP contribution in [-0.4, -0.2) is 30.7 Å². The Bertz CT molecular complexity index is 723. The minimum Gasteiger partial charge on any atom is -0.495 e. The molecule has 0 spiro atoms. The van der Waals surface area contributed by atoms with Crippen LogP contribution in [0.15, 0.2) is 72.5 Å². The molecule has 3 heteroatoms. The monoisotopic (exact) mass is 363 g/mol. The van der Waals surface area contributed by atoms with Gasteiger partial charge in [-0.25, -0.2) is 0 Å². The van der Waals surface area contributed by atoms with Crippen LogP contribution in [0.5, 0.6) is 0 Å². The molecule has 1 aliphatic heterocycles. The van der Waals surface area contributed by atoms with E-state index in [1.54, 1.807) is 0 Å². The van der Waals surface area contributed by atoms with E-state index in [4.69, 9.17) is 9.47 Å². The lowest BCUT2D eigenvalue weighted by atomic mass is 9.83. The van der Waals surface area contributed by atoms with Crippen LogP contribution >= 0.6 is 0 Å². The molecule has 142 valence electrons. The summed E-state index contributed by atoms with van der Waals surface area (Å²) in [7, 11) is 0. The zero-order chi connectivity index (χ0) is 18.3. The lowest BCUT2D eigenvalue weighted by Gasteiger charge is -2.37. The van der Waals surface area contributed by atoms with Gasteiger partial charge in [0.15, 0.2) is 0 Å². The molecule has 0 unspecified atom stereocenters. The fourth-order valence-corrected chi connectivity index (χ4v) is 3.82. The van der Waals surface area contributed by atoms with Crippen LogP contribution in [0.3, 0.4) is 0 Å². The van der Waals surface area contributed by atoms with Crippen molar-refractivity contribution in [2.45, 2.75) is 38.5 Å². The molecule has 0 aromatic heterocycles. The summed E-state index contributed by atoms with van der Waals surface area (Å²) < 4.78 is 12.1. The molecular formula is C24H29NO2. The van der Waals surface area contributed by atoms with Gasteiger partial charge < -0.3 is 9.47 Å². The van der Waals surface area contributed by atoms with E-state index in [0.717, 1.165) is 45.5 Å². The first-order valence-corrected chi connectivity index (χ1v) is 10.1. The van der Waals surface area contributed by atoms with Crippen molar-refractivity contribution in [2.75, 3.05) is 19.7 Å². The predicted molar refractivity (Wildman–Crippen MR) is 108 cm³/mol. The minimum absolute atomic E-state index is 0.391. The molecule has 3 nitrogen and oxygen atoms in total. The molecular weight excluding hydrogens is 334 g/mol. The summed E-state index contributed by atoms with van der Waals surface area (Å²) in [5, 5.41) is 0. The van der Waals surface area contributed by atoms with Gasteiger partial charge in [-0.05, 0) is 36.0 Å². The van der Waals surface area contributed by atoms with Crippen LogP contribution in [0.25, 0.3) is 0 Å². The van der Waals surface area contributed by atoms with Crippen molar-refractivity contribution >= 4 is 0 Å². The largest absolute Gasteiger partial charge is 0.495 e. The van der Waals surface area contributed by atoms with Crippen molar-refractivity contribution in [1.82, 2.24) is 4.90 Å². The number of benzene rings is 2. The van der Waals surface area contributed by atoms with Gasteiger partial charge in [0, 0.05) is 26.1 Å². The van der Waals surface area contributed by atoms with Gasteiger partial charge in [0.25, 0.3) is 0 Å². The highest BCUT2D eigenvalue weighted by atomic mass is 16.5. The molecule has 2 aromatic carbocycles. The van der Waals surface area contributed by atoms with Crippen molar-refractivity contribution in [3.05, 3.63) is 83.6 Å². The van der Waals surface area contributed by atoms with E-state index in [0.29, 0.717) is 18.6 Å². The summed E-state index contributed by atoms with van der Waals surface area (Å²) >= 11 is 0. The molecule has 0 atom stereocenters. The van der Waals surface area contributed by atoms with Crippen molar-refractivity contribution in [2.24, 2.45) is 5.92 Å². The van der Waals surface area contributed by atoms with Crippen molar-refractivity contribution < 1.29 is 9.47 Å². The molecule has 2 aliphatic rings. The van der Waals surface area contributed by atoms with E-state index in [1.165, 1.54) is 16.9 Å². The van der Waals surface area contributed by atoms with Gasteiger partial charge in [0.05, 0.1) is 25.1 Å². The maximum atomic E-state index is 6.20. The van der Waals surface area contributed by atoms with Crippen molar-refractivity contribution in [3.8, 4) is 0 Å². The van der Waals surface area contributed by atoms with E-state index >= 15 is 0 Å². The Balaban J connectivity index is 1.11. The van der Waals surface area contributed by atoms with Crippen LogP contribution in [0.2, 0.25) is 0 Å². The van der Waals surface area contributed by atoms with Crippen LogP contribution in [0.1, 0.15) is 30.4 Å². The summed E-state index contributed by atoms with van der Waals surface area (Å²) in [6.07, 6.45) is 5.94. The molecule has 0 amide bonds. The van der Waals surface area contributed by atoms with Gasteiger partial charge in [0.1, 0.15) is 0 Å². The van der Waals surface area contributed by atoms with Gasteiger partial charge >= 0.3 is 0 Å². The highest BCUT2D eigenvalue weighted by Crippen LogP contribution is 2.33. The quantitative estimate of drug-likeness (QED) is 0.673. The van der Waals surface area contributed by atoms with Gasteiger partial charge in [-0.3, -0.25) is 4.90 Å². The number of nitrogens with zero attached hydrogens (tertiary/aromatic N) is 1. The average molecular weight is 364 g/mol. The van der Waals surface area contributed by atoms with Gasteiger partial charge in [-0.15, -0.1) is 0 Å². The minimum atomic E-state index is 0.391. The molecule has 2 aromatic rings. The topological polar surface area (TPSA) is 21.7 Å². The third-order valence-corrected chi connectivity index (χ3v) is 5.48. The first kappa shape index (κ1) is 18.3. The molecule has 0 radical (unpaired) electrons. The van der Waals surface area contributed by atoms with Crippen molar-refractivity contribution in [1.29, 1.82) is 0 Å². The third kappa shape index (κ3) is 5.44. The van der Waals surface area contributed by atoms with E-state index in [-0.39, 0.29) is 0 Å². The second kappa shape index (κ2) is 9.20. The normalized spacial score (nSPS) is 22.7. The summed E-state index contributed by atoms with van der Waals surface area (Å²) in [6.45, 7) is 4.65. The zero-order valence-corrected chi connectivity index (χ0v) is 15.9. The highest BCUT2D eigenvalue weighted by Gasteiger charge is 2.31. The van der Waals surface area contributed by atoms with Crippen molar-refractivity contribution in [3.63, 3.8) is 0 Å². The number of rotatable bonds is 8. The third-order valence-electron chi connectivity index (χ3n) is 5.48. The maximum absolute atomic E-state index is 6.20. The number of ether oxygens (including phenoxy) is 2. The summed E-state index contributed by atoms with van der Waals surface area (Å²) in [4.78, 5) is 2.48. The second-order valence-corrected chi connectivity index (χ2v) is 7.72. The van der Waals surface area contributed by atoms with E-state index in [2.05, 4.69) is 65.6 Å². The van der Waals surface area contributed by atoms with E-state index in [9.17, 15) is 0 Å². The summed E-state index contributed by atoms with van der Waals surface area (Å²) in [5.41, 5.74) is 2.63. The van der Waals surface area contributed by atoms with E-state index in [1.807, 2.05) is 6.07 Å². The van der Waals surface area contributed by atoms with Crippen LogP contribution in [0, 0.1) is 5.92 Å². The molecule has 1 saturated carbocycles. The van der Waals surface area contributed by atoms with Crippen LogP contribution in [-0.2, 0) is 22.6 Å². The smallest absolute Gasteiger partial charge is 0.0989 e. The lowest BCUT2D eigenvalue weighted by molar-refractivity contribution is -0.0359. The van der Waals surface area contributed by atoms with E-state index < -0.39 is 0 Å². The first-order valence-electron chi connectivity index (χ1n) is 10.1. The van der Waals surface area contributed by atoms with Crippen LogP contribution in [0.4, 0.5) is 0 Å². The van der Waals surface area contributed by atoms with Gasteiger partial charge in [0.2, 0.25) is 0 Å². The second-order valence-electron chi connectivity index (χ2n) is 7.72. The average Bonchev–Trinajstić information content (AvgIpc) is 2.69. The standard InChI is InChI=1S/C24H29NO2/c1-3-7-20(8-4-1)17-25-13-11-23(12-14-25)27-24-15-22(16-24)19-26-18-21-9-5-2-6-10-21/h1-11,22,24H,12-19H2/t22-,24-. The first-order chi connectivity index (χ1) is 13.3. The molecule has 1 heterocycles. The molecule has 0 saturated heterocycles. The molecule has 0 bridgehead atoms. The van der Waals surface area contributed by atoms with Gasteiger partial charge in [-0.1, -0.05) is 60.7 Å². The molecule has 1 fully saturated rings. The SMILES string of the molecule is C1=C(O[C@H]2C[C@H](COCc3ccccc3)C2)CCN(Cc2ccccc2)C1. The fourth-order valence-electron chi connectivity index (χ4n) is 3.82. The predicted octanol–water partition coefficient (Wildman–Crippen LogP) is 4.79. The Hall–Kier alpha value is -2.10. The Morgan fingerprint density at radius 2 is 1.59 bits per heavy atom. The Kier molecular flexibility index (Phi) is 6.23. The Morgan fingerprint density at radius 3 is 2.26 bits per heavy atom. The molecule has 0 N–H and O–H groups in total. The zero-order valence-electron chi connectivity index (χ0n) is 15.9. The lowest BCUT2D eigenvalue weighted by Crippen LogP contribution is -2.35. The van der Waals surface area contributed by atoms with Gasteiger partial charge in [-0.2, -0.15) is 0 Å². The molecule has 4 rings (SSSR count). The Labute approximate surface area is 162 Å². The summed E-state index contributed by atoms with van der Waals surface area (Å²) in [6, 6.07) is 21.1.